The summed E-state index contributed by atoms with van der Waals surface area (Å²) in [7, 11) is 0. The van der Waals surface area contributed by atoms with Gasteiger partial charge in [-0.15, -0.1) is 5.10 Å². The molecule has 0 N–H and O–H groups in total. The number of nitrogens with zero attached hydrogens (tertiary/aromatic N) is 3. The van der Waals surface area contributed by atoms with E-state index in [4.69, 9.17) is 4.84 Å². The Balaban J connectivity index is 1.93. The summed E-state index contributed by atoms with van der Waals surface area (Å²) < 4.78 is 0. The molecule has 0 amide bonds. The van der Waals surface area contributed by atoms with Gasteiger partial charge in [0, 0.05) is 23.8 Å². The first kappa shape index (κ1) is 19.8. The van der Waals surface area contributed by atoms with E-state index in [2.05, 4.69) is 15.6 Å². The van der Waals surface area contributed by atoms with Gasteiger partial charge in [-0.2, -0.15) is 0 Å². The molecule has 6 heteroatoms. The van der Waals surface area contributed by atoms with E-state index in [1.54, 1.807) is 36.5 Å². The number of fused-ring (bicyclic) bond motifs is 3. The van der Waals surface area contributed by atoms with E-state index in [1.165, 1.54) is 18.4 Å². The molecule has 1 heterocycles. The molecular weight excluding hydrogens is 366 g/mol. The summed E-state index contributed by atoms with van der Waals surface area (Å²) in [5.41, 5.74) is 0.675. The van der Waals surface area contributed by atoms with Crippen molar-refractivity contribution >= 4 is 28.6 Å². The first-order valence-corrected chi connectivity index (χ1v) is 9.07. The molecule has 29 heavy (non-hydrogen) atoms. The highest BCUT2D eigenvalue weighted by Gasteiger charge is 2.12. The van der Waals surface area contributed by atoms with Crippen molar-refractivity contribution in [3.8, 4) is 5.75 Å². The van der Waals surface area contributed by atoms with Gasteiger partial charge in [0.2, 0.25) is 0 Å². The van der Waals surface area contributed by atoms with Crippen molar-refractivity contribution in [3.63, 3.8) is 0 Å². The molecule has 6 nitrogen and oxygen atoms in total. The van der Waals surface area contributed by atoms with Crippen LogP contribution < -0.4 is 4.84 Å². The van der Waals surface area contributed by atoms with Crippen molar-refractivity contribution in [2.75, 3.05) is 0 Å². The number of allylic oxidation sites excluding steroid dienone is 8. The highest BCUT2D eigenvalue weighted by molar-refractivity contribution is 5.96. The van der Waals surface area contributed by atoms with Crippen molar-refractivity contribution in [1.29, 1.82) is 0 Å². The standard InChI is InChI=1S/C23H19N3O3/c27-20-10-4-2-1-3-7-16-24-25-26-29-23-19(17-21(28)12-8-11-20)15-14-18-9-5-6-13-22(18)23/h1-10,12-16H,11,17H2. The van der Waals surface area contributed by atoms with E-state index >= 15 is 0 Å². The number of carbonyl (C=O) groups is 2. The molecule has 1 aliphatic heterocycles. The summed E-state index contributed by atoms with van der Waals surface area (Å²) in [5, 5.41) is 12.8. The fraction of sp³-hybridized carbons (Fsp3) is 0.0870. The maximum absolute atomic E-state index is 12.4. The van der Waals surface area contributed by atoms with Crippen molar-refractivity contribution in [3.05, 3.63) is 90.6 Å². The Morgan fingerprint density at radius 1 is 0.828 bits per heavy atom. The van der Waals surface area contributed by atoms with E-state index in [0.717, 1.165) is 10.8 Å². The Morgan fingerprint density at radius 2 is 1.66 bits per heavy atom. The molecule has 144 valence electrons. The Hall–Kier alpha value is -3.93. The Kier molecular flexibility index (Phi) is 7.12. The second-order valence-corrected chi connectivity index (χ2v) is 6.15. The fourth-order valence-corrected chi connectivity index (χ4v) is 2.71. The van der Waals surface area contributed by atoms with Crippen LogP contribution in [0.1, 0.15) is 12.0 Å². The molecule has 3 rings (SSSR count). The van der Waals surface area contributed by atoms with Gasteiger partial charge in [-0.05, 0) is 28.8 Å². The minimum Gasteiger partial charge on any atom is -0.337 e. The molecule has 0 aliphatic carbocycles. The van der Waals surface area contributed by atoms with Crippen molar-refractivity contribution in [2.24, 2.45) is 15.6 Å². The first-order valence-electron chi connectivity index (χ1n) is 9.07. The van der Waals surface area contributed by atoms with Crippen LogP contribution >= 0.6 is 0 Å². The molecule has 0 aromatic heterocycles. The van der Waals surface area contributed by atoms with Gasteiger partial charge in [-0.3, -0.25) is 9.59 Å². The van der Waals surface area contributed by atoms with Crippen LogP contribution in [0.25, 0.3) is 10.8 Å². The van der Waals surface area contributed by atoms with Crippen molar-refractivity contribution < 1.29 is 14.4 Å². The van der Waals surface area contributed by atoms with Crippen LogP contribution in [-0.2, 0) is 16.0 Å². The van der Waals surface area contributed by atoms with Crippen LogP contribution in [0.3, 0.4) is 0 Å². The van der Waals surface area contributed by atoms with E-state index in [0.29, 0.717) is 11.3 Å². The molecule has 0 spiro atoms. The predicted molar refractivity (Wildman–Crippen MR) is 113 cm³/mol. The third kappa shape index (κ3) is 6.04. The first-order chi connectivity index (χ1) is 14.2. The summed E-state index contributed by atoms with van der Waals surface area (Å²) in [6, 6.07) is 11.4. The van der Waals surface area contributed by atoms with Gasteiger partial charge in [0.05, 0.1) is 11.5 Å². The van der Waals surface area contributed by atoms with Gasteiger partial charge >= 0.3 is 0 Å². The molecule has 0 radical (unpaired) electrons. The van der Waals surface area contributed by atoms with E-state index in [1.807, 2.05) is 36.4 Å². The number of rotatable bonds is 0. The number of benzene rings is 2. The number of hydrogen-bond acceptors (Lipinski definition) is 6. The molecule has 2 aromatic rings. The summed E-state index contributed by atoms with van der Waals surface area (Å²) in [5.74, 6) is 0.229. The van der Waals surface area contributed by atoms with Crippen LogP contribution in [0.15, 0.2) is 101 Å². The van der Waals surface area contributed by atoms with Gasteiger partial charge in [0.25, 0.3) is 0 Å². The number of hydrogen-bond donors (Lipinski definition) is 0. The second-order valence-electron chi connectivity index (χ2n) is 6.15. The minimum atomic E-state index is -0.140. The average molecular weight is 385 g/mol. The molecule has 0 atom stereocenters. The summed E-state index contributed by atoms with van der Waals surface area (Å²) in [6.07, 6.45) is 14.7. The van der Waals surface area contributed by atoms with Crippen LogP contribution in [0.5, 0.6) is 5.75 Å². The molecule has 1 aliphatic rings. The quantitative estimate of drug-likeness (QED) is 0.648. The summed E-state index contributed by atoms with van der Waals surface area (Å²) in [6.45, 7) is 0. The lowest BCUT2D eigenvalue weighted by atomic mass is 10.0. The van der Waals surface area contributed by atoms with Gasteiger partial charge < -0.3 is 4.84 Å². The van der Waals surface area contributed by atoms with Crippen LogP contribution in [-0.4, -0.2) is 17.8 Å². The van der Waals surface area contributed by atoms with E-state index < -0.39 is 0 Å². The number of ketones is 2. The maximum atomic E-state index is 12.4. The SMILES string of the molecule is O=C1C=CC=CC=CC=NN=NOc2c(ccc3ccccc23)CC(=O)C=CC1. The topological polar surface area (TPSA) is 80.4 Å². The zero-order valence-corrected chi connectivity index (χ0v) is 15.6. The molecule has 2 aromatic carbocycles. The van der Waals surface area contributed by atoms with Gasteiger partial charge in [-0.25, -0.2) is 0 Å². The fourth-order valence-electron chi connectivity index (χ4n) is 2.71. The van der Waals surface area contributed by atoms with Gasteiger partial charge in [0.15, 0.2) is 17.3 Å². The maximum Gasteiger partial charge on any atom is 0.171 e. The zero-order chi connectivity index (χ0) is 20.3. The van der Waals surface area contributed by atoms with Crippen LogP contribution in [0.2, 0.25) is 0 Å². The minimum absolute atomic E-state index is 0.0884. The zero-order valence-electron chi connectivity index (χ0n) is 15.6. The average Bonchev–Trinajstić information content (AvgIpc) is 2.72. The third-order valence-corrected chi connectivity index (χ3v) is 4.05. The molecule has 0 unspecified atom stereocenters. The van der Waals surface area contributed by atoms with Crippen LogP contribution in [0, 0.1) is 0 Å². The summed E-state index contributed by atoms with van der Waals surface area (Å²) >= 11 is 0. The molecular formula is C23H19N3O3. The van der Waals surface area contributed by atoms with Crippen molar-refractivity contribution in [1.82, 2.24) is 0 Å². The monoisotopic (exact) mass is 385 g/mol. The van der Waals surface area contributed by atoms with Gasteiger partial charge in [0.1, 0.15) is 0 Å². The lowest BCUT2D eigenvalue weighted by molar-refractivity contribution is -0.114. The number of carbonyl (C=O) groups excluding carboxylic acids is 2. The Labute approximate surface area is 168 Å². The highest BCUT2D eigenvalue weighted by Crippen LogP contribution is 2.30. The lowest BCUT2D eigenvalue weighted by Gasteiger charge is -2.09. The lowest BCUT2D eigenvalue weighted by Crippen LogP contribution is -2.02. The largest absolute Gasteiger partial charge is 0.337 e. The molecule has 0 saturated carbocycles. The predicted octanol–water partition coefficient (Wildman–Crippen LogP) is 4.88. The van der Waals surface area contributed by atoms with Crippen LogP contribution in [0.4, 0.5) is 0 Å². The third-order valence-electron chi connectivity index (χ3n) is 4.05. The summed E-state index contributed by atoms with van der Waals surface area (Å²) in [4.78, 5) is 29.7. The van der Waals surface area contributed by atoms with Crippen molar-refractivity contribution in [2.45, 2.75) is 12.8 Å². The van der Waals surface area contributed by atoms with E-state index in [9.17, 15) is 9.59 Å². The smallest absolute Gasteiger partial charge is 0.171 e. The Morgan fingerprint density at radius 3 is 2.59 bits per heavy atom. The van der Waals surface area contributed by atoms with Gasteiger partial charge in [-0.1, -0.05) is 66.8 Å². The Bertz CT molecular complexity index is 1080. The highest BCUT2D eigenvalue weighted by atomic mass is 16.6. The molecule has 0 saturated heterocycles. The second kappa shape index (κ2) is 10.4. The molecule has 0 fully saturated rings. The normalized spacial score (nSPS) is 15.6. The molecule has 0 bridgehead atoms. The van der Waals surface area contributed by atoms with E-state index in [-0.39, 0.29) is 24.4 Å².